The van der Waals surface area contributed by atoms with Crippen molar-refractivity contribution in [2.45, 2.75) is 31.8 Å². The number of aromatic nitrogens is 2. The van der Waals surface area contributed by atoms with Gasteiger partial charge in [-0.1, -0.05) is 0 Å². The van der Waals surface area contributed by atoms with E-state index in [9.17, 15) is 4.79 Å². The number of piperidine rings is 1. The fraction of sp³-hybridized carbons (Fsp3) is 0.667. The van der Waals surface area contributed by atoms with Gasteiger partial charge in [-0.05, 0) is 31.7 Å². The van der Waals surface area contributed by atoms with Crippen molar-refractivity contribution in [3.63, 3.8) is 0 Å². The van der Waals surface area contributed by atoms with E-state index in [0.717, 1.165) is 51.3 Å². The van der Waals surface area contributed by atoms with Crippen LogP contribution < -0.4 is 10.2 Å². The summed E-state index contributed by atoms with van der Waals surface area (Å²) in [6.45, 7) is 3.15. The molecule has 21 heavy (non-hydrogen) atoms. The highest BCUT2D eigenvalue weighted by atomic mass is 16.5. The third-order valence-electron chi connectivity index (χ3n) is 4.23. The number of nitrogens with one attached hydrogen (secondary N) is 1. The molecule has 0 aromatic carbocycles. The summed E-state index contributed by atoms with van der Waals surface area (Å²) in [4.78, 5) is 22.8. The van der Waals surface area contributed by atoms with Gasteiger partial charge in [-0.25, -0.2) is 9.97 Å². The quantitative estimate of drug-likeness (QED) is 0.895. The summed E-state index contributed by atoms with van der Waals surface area (Å²) < 4.78 is 5.53. The molecule has 2 aliphatic rings. The maximum Gasteiger partial charge on any atom is 0.225 e. The first-order chi connectivity index (χ1) is 10.3. The molecule has 1 N–H and O–H groups in total. The lowest BCUT2D eigenvalue weighted by atomic mass is 9.96. The Morgan fingerprint density at radius 3 is 2.71 bits per heavy atom. The van der Waals surface area contributed by atoms with Crippen LogP contribution in [0.1, 0.15) is 25.7 Å². The van der Waals surface area contributed by atoms with Crippen molar-refractivity contribution in [2.75, 3.05) is 31.1 Å². The van der Waals surface area contributed by atoms with E-state index in [1.54, 1.807) is 12.4 Å². The highest BCUT2D eigenvalue weighted by Gasteiger charge is 2.26. The number of ether oxygens (including phenoxy) is 1. The highest BCUT2D eigenvalue weighted by molar-refractivity contribution is 5.78. The molecule has 2 saturated heterocycles. The summed E-state index contributed by atoms with van der Waals surface area (Å²) in [6, 6.07) is 1.81. The zero-order valence-corrected chi connectivity index (χ0v) is 12.2. The predicted octanol–water partition coefficient (Wildman–Crippen LogP) is 0.988. The number of nitrogens with zero attached hydrogens (tertiary/aromatic N) is 3. The summed E-state index contributed by atoms with van der Waals surface area (Å²) in [6.07, 6.45) is 7.60. The third kappa shape index (κ3) is 3.69. The zero-order valence-electron chi connectivity index (χ0n) is 12.2. The number of hydrogen-bond donors (Lipinski definition) is 1. The van der Waals surface area contributed by atoms with Crippen LogP contribution in [0.3, 0.4) is 0 Å². The van der Waals surface area contributed by atoms with Crippen LogP contribution in [0.5, 0.6) is 0 Å². The van der Waals surface area contributed by atoms with Crippen LogP contribution >= 0.6 is 0 Å². The van der Waals surface area contributed by atoms with Gasteiger partial charge >= 0.3 is 0 Å². The van der Waals surface area contributed by atoms with Gasteiger partial charge in [-0.15, -0.1) is 0 Å². The molecule has 0 spiro atoms. The van der Waals surface area contributed by atoms with Gasteiger partial charge in [0.2, 0.25) is 11.9 Å². The Morgan fingerprint density at radius 2 is 2.05 bits per heavy atom. The van der Waals surface area contributed by atoms with Crippen molar-refractivity contribution < 1.29 is 9.53 Å². The Kier molecular flexibility index (Phi) is 4.65. The number of amides is 1. The molecule has 114 valence electrons. The lowest BCUT2D eigenvalue weighted by Gasteiger charge is -2.31. The molecule has 0 radical (unpaired) electrons. The van der Waals surface area contributed by atoms with E-state index in [2.05, 4.69) is 20.2 Å². The normalized spacial score (nSPS) is 23.2. The topological polar surface area (TPSA) is 67.3 Å². The Labute approximate surface area is 124 Å². The van der Waals surface area contributed by atoms with Gasteiger partial charge in [-0.3, -0.25) is 4.79 Å². The van der Waals surface area contributed by atoms with Crippen LogP contribution in [0.25, 0.3) is 0 Å². The van der Waals surface area contributed by atoms with Gasteiger partial charge in [-0.2, -0.15) is 0 Å². The largest absolute Gasteiger partial charge is 0.376 e. The Balaban J connectivity index is 1.43. The van der Waals surface area contributed by atoms with E-state index in [1.165, 1.54) is 0 Å². The van der Waals surface area contributed by atoms with Gasteiger partial charge in [0, 0.05) is 44.6 Å². The van der Waals surface area contributed by atoms with Gasteiger partial charge in [0.1, 0.15) is 0 Å². The molecule has 0 saturated carbocycles. The Hall–Kier alpha value is -1.69. The number of carbonyl (C=O) groups is 1. The minimum absolute atomic E-state index is 0.103. The second-order valence-electron chi connectivity index (χ2n) is 5.69. The zero-order chi connectivity index (χ0) is 14.5. The minimum Gasteiger partial charge on any atom is -0.376 e. The summed E-state index contributed by atoms with van der Waals surface area (Å²) in [7, 11) is 0. The van der Waals surface area contributed by atoms with Crippen molar-refractivity contribution in [3.05, 3.63) is 18.5 Å². The van der Waals surface area contributed by atoms with Gasteiger partial charge in [0.05, 0.1) is 6.10 Å². The maximum absolute atomic E-state index is 12.2. The second kappa shape index (κ2) is 6.85. The molecule has 1 atom stereocenters. The van der Waals surface area contributed by atoms with E-state index in [4.69, 9.17) is 4.74 Å². The summed E-state index contributed by atoms with van der Waals surface area (Å²) >= 11 is 0. The van der Waals surface area contributed by atoms with E-state index in [-0.39, 0.29) is 17.9 Å². The lowest BCUT2D eigenvalue weighted by Crippen LogP contribution is -2.42. The molecular weight excluding hydrogens is 268 g/mol. The molecule has 1 amide bonds. The van der Waals surface area contributed by atoms with Crippen LogP contribution in [0.15, 0.2) is 18.5 Å². The highest BCUT2D eigenvalue weighted by Crippen LogP contribution is 2.20. The van der Waals surface area contributed by atoms with E-state index in [0.29, 0.717) is 6.54 Å². The van der Waals surface area contributed by atoms with Crippen LogP contribution in [0.4, 0.5) is 5.95 Å². The predicted molar refractivity (Wildman–Crippen MR) is 79.0 cm³/mol. The van der Waals surface area contributed by atoms with Crippen LogP contribution in [0.2, 0.25) is 0 Å². The van der Waals surface area contributed by atoms with E-state index >= 15 is 0 Å². The Morgan fingerprint density at radius 1 is 1.29 bits per heavy atom. The average molecular weight is 290 g/mol. The van der Waals surface area contributed by atoms with Gasteiger partial charge in [0.15, 0.2) is 0 Å². The molecule has 2 aliphatic heterocycles. The monoisotopic (exact) mass is 290 g/mol. The molecule has 0 bridgehead atoms. The van der Waals surface area contributed by atoms with Gasteiger partial charge < -0.3 is 15.0 Å². The first kappa shape index (κ1) is 14.3. The molecule has 2 fully saturated rings. The van der Waals surface area contributed by atoms with E-state index in [1.807, 2.05) is 6.07 Å². The van der Waals surface area contributed by atoms with Crippen molar-refractivity contribution in [1.29, 1.82) is 0 Å². The molecule has 0 aliphatic carbocycles. The molecule has 3 heterocycles. The minimum atomic E-state index is 0.103. The summed E-state index contributed by atoms with van der Waals surface area (Å²) in [5.41, 5.74) is 0. The van der Waals surface area contributed by atoms with Crippen molar-refractivity contribution in [1.82, 2.24) is 15.3 Å². The standard InChI is InChI=1S/C15H22N4O2/c20-14(18-11-13-3-1-10-21-13)12-4-8-19(9-5-12)15-16-6-2-7-17-15/h2,6-7,12-13H,1,3-5,8-11H2,(H,18,20). The second-order valence-corrected chi connectivity index (χ2v) is 5.69. The molecule has 1 aromatic rings. The summed E-state index contributed by atoms with van der Waals surface area (Å²) in [5.74, 6) is 1.03. The number of hydrogen-bond acceptors (Lipinski definition) is 5. The van der Waals surface area contributed by atoms with Gasteiger partial charge in [0.25, 0.3) is 0 Å². The van der Waals surface area contributed by atoms with Crippen LogP contribution in [-0.2, 0) is 9.53 Å². The first-order valence-corrected chi connectivity index (χ1v) is 7.74. The maximum atomic E-state index is 12.2. The molecule has 1 unspecified atom stereocenters. The number of anilines is 1. The van der Waals surface area contributed by atoms with Crippen molar-refractivity contribution in [3.8, 4) is 0 Å². The van der Waals surface area contributed by atoms with Crippen LogP contribution in [0, 0.1) is 5.92 Å². The van der Waals surface area contributed by atoms with Crippen LogP contribution in [-0.4, -0.2) is 48.2 Å². The smallest absolute Gasteiger partial charge is 0.225 e. The van der Waals surface area contributed by atoms with Crippen molar-refractivity contribution >= 4 is 11.9 Å². The number of carbonyl (C=O) groups excluding carboxylic acids is 1. The SMILES string of the molecule is O=C(NCC1CCCO1)C1CCN(c2ncccn2)CC1. The fourth-order valence-electron chi connectivity index (χ4n) is 2.96. The third-order valence-corrected chi connectivity index (χ3v) is 4.23. The molecular formula is C15H22N4O2. The average Bonchev–Trinajstić information content (AvgIpc) is 3.07. The molecule has 1 aromatic heterocycles. The fourth-order valence-corrected chi connectivity index (χ4v) is 2.96. The lowest BCUT2D eigenvalue weighted by molar-refractivity contribution is -0.126. The van der Waals surface area contributed by atoms with E-state index < -0.39 is 0 Å². The molecule has 3 rings (SSSR count). The first-order valence-electron chi connectivity index (χ1n) is 7.74. The molecule has 6 heteroatoms. The molecule has 6 nitrogen and oxygen atoms in total. The number of rotatable bonds is 4. The van der Waals surface area contributed by atoms with Crippen molar-refractivity contribution in [2.24, 2.45) is 5.92 Å². The summed E-state index contributed by atoms with van der Waals surface area (Å²) in [5, 5.41) is 3.04. The Bertz CT molecular complexity index is 454.